The second kappa shape index (κ2) is 8.98. The van der Waals surface area contributed by atoms with E-state index in [-0.39, 0.29) is 43.5 Å². The standard InChI is InChI=1S/C13H14F6N2O.2ClH/c14-12(15,16)11(21-6-4-20-5-7-21)9-2-1-3-10(8-9)22-13(17,18)19;;/h1-3,8,11,20H,4-7H2;2*1H/t11-;;/m0../s1. The van der Waals surface area contributed by atoms with Crippen LogP contribution in [-0.2, 0) is 0 Å². The van der Waals surface area contributed by atoms with Gasteiger partial charge in [-0.3, -0.25) is 4.90 Å². The van der Waals surface area contributed by atoms with E-state index in [1.54, 1.807) is 0 Å². The Morgan fingerprint density at radius 2 is 1.58 bits per heavy atom. The average molecular weight is 401 g/mol. The number of nitrogens with one attached hydrogen (secondary N) is 1. The highest BCUT2D eigenvalue weighted by atomic mass is 35.5. The molecule has 1 aromatic carbocycles. The van der Waals surface area contributed by atoms with Crippen LogP contribution in [-0.4, -0.2) is 43.6 Å². The van der Waals surface area contributed by atoms with Gasteiger partial charge in [-0.15, -0.1) is 38.0 Å². The Kier molecular flexibility index (Phi) is 8.64. The molecular weight excluding hydrogens is 385 g/mol. The first-order valence-electron chi connectivity index (χ1n) is 6.54. The van der Waals surface area contributed by atoms with Gasteiger partial charge in [0, 0.05) is 26.2 Å². The van der Waals surface area contributed by atoms with Gasteiger partial charge in [-0.05, 0) is 17.7 Å². The summed E-state index contributed by atoms with van der Waals surface area (Å²) in [7, 11) is 0. The van der Waals surface area contributed by atoms with E-state index in [1.165, 1.54) is 4.90 Å². The molecule has 1 saturated heterocycles. The number of ether oxygens (including phenoxy) is 1. The smallest absolute Gasteiger partial charge is 0.406 e. The SMILES string of the molecule is Cl.Cl.FC(F)(F)Oc1cccc([C@H](N2CCNCC2)C(F)(F)F)c1. The number of hydrogen-bond donors (Lipinski definition) is 1. The molecule has 0 spiro atoms. The van der Waals surface area contributed by atoms with E-state index < -0.39 is 24.3 Å². The maximum Gasteiger partial charge on any atom is 0.573 e. The molecule has 24 heavy (non-hydrogen) atoms. The molecule has 2 rings (SSSR count). The van der Waals surface area contributed by atoms with Crippen molar-refractivity contribution in [1.29, 1.82) is 0 Å². The summed E-state index contributed by atoms with van der Waals surface area (Å²) < 4.78 is 80.3. The van der Waals surface area contributed by atoms with E-state index >= 15 is 0 Å². The lowest BCUT2D eigenvalue weighted by molar-refractivity contribution is -0.274. The molecule has 0 aliphatic carbocycles. The molecule has 1 N–H and O–H groups in total. The molecule has 0 radical (unpaired) electrons. The Morgan fingerprint density at radius 1 is 1.00 bits per heavy atom. The van der Waals surface area contributed by atoms with Crippen molar-refractivity contribution in [1.82, 2.24) is 10.2 Å². The van der Waals surface area contributed by atoms with Crippen LogP contribution in [0.3, 0.4) is 0 Å². The molecule has 1 aliphatic rings. The molecule has 0 aromatic heterocycles. The van der Waals surface area contributed by atoms with E-state index in [0.29, 0.717) is 13.1 Å². The first-order chi connectivity index (χ1) is 10.2. The number of hydrogen-bond acceptors (Lipinski definition) is 3. The Labute approximate surface area is 147 Å². The van der Waals surface area contributed by atoms with Crippen molar-refractivity contribution in [3.8, 4) is 5.75 Å². The van der Waals surface area contributed by atoms with Crippen LogP contribution in [0.2, 0.25) is 0 Å². The number of nitrogens with zero attached hydrogens (tertiary/aromatic N) is 1. The van der Waals surface area contributed by atoms with Gasteiger partial charge in [0.2, 0.25) is 0 Å². The Hall–Kier alpha value is -0.900. The summed E-state index contributed by atoms with van der Waals surface area (Å²) in [5.74, 6) is -0.658. The van der Waals surface area contributed by atoms with E-state index in [1.807, 2.05) is 0 Å². The molecule has 1 aliphatic heterocycles. The van der Waals surface area contributed by atoms with Crippen molar-refractivity contribution in [2.45, 2.75) is 18.6 Å². The maximum atomic E-state index is 13.3. The Balaban J connectivity index is 0.00000264. The second-order valence-corrected chi connectivity index (χ2v) is 4.85. The quantitative estimate of drug-likeness (QED) is 0.777. The molecule has 0 saturated carbocycles. The predicted molar refractivity (Wildman–Crippen MR) is 80.9 cm³/mol. The minimum absolute atomic E-state index is 0. The van der Waals surface area contributed by atoms with Gasteiger partial charge in [0.15, 0.2) is 0 Å². The lowest BCUT2D eigenvalue weighted by atomic mass is 10.0. The van der Waals surface area contributed by atoms with E-state index in [2.05, 4.69) is 10.1 Å². The van der Waals surface area contributed by atoms with Gasteiger partial charge in [0.05, 0.1) is 0 Å². The molecule has 1 heterocycles. The highest BCUT2D eigenvalue weighted by Crippen LogP contribution is 2.39. The lowest BCUT2D eigenvalue weighted by Gasteiger charge is -2.36. The first-order valence-corrected chi connectivity index (χ1v) is 6.54. The van der Waals surface area contributed by atoms with Crippen LogP contribution in [0.25, 0.3) is 0 Å². The normalized spacial score (nSPS) is 17.4. The minimum Gasteiger partial charge on any atom is -0.406 e. The summed E-state index contributed by atoms with van der Waals surface area (Å²) in [4.78, 5) is 1.20. The zero-order valence-corrected chi connectivity index (χ0v) is 13.8. The fourth-order valence-corrected chi connectivity index (χ4v) is 2.43. The van der Waals surface area contributed by atoms with Crippen molar-refractivity contribution < 1.29 is 31.1 Å². The van der Waals surface area contributed by atoms with Gasteiger partial charge in [-0.25, -0.2) is 0 Å². The molecule has 3 nitrogen and oxygen atoms in total. The van der Waals surface area contributed by atoms with Crippen molar-refractivity contribution in [2.75, 3.05) is 26.2 Å². The number of benzene rings is 1. The lowest BCUT2D eigenvalue weighted by Crippen LogP contribution is -2.49. The molecular formula is C13H16Cl2F6N2O. The van der Waals surface area contributed by atoms with Crippen LogP contribution in [0.1, 0.15) is 11.6 Å². The Morgan fingerprint density at radius 3 is 2.08 bits per heavy atom. The minimum atomic E-state index is -4.94. The van der Waals surface area contributed by atoms with Gasteiger partial charge in [-0.2, -0.15) is 13.2 Å². The van der Waals surface area contributed by atoms with E-state index in [4.69, 9.17) is 0 Å². The van der Waals surface area contributed by atoms with E-state index in [9.17, 15) is 26.3 Å². The monoisotopic (exact) mass is 400 g/mol. The van der Waals surface area contributed by atoms with Gasteiger partial charge in [-0.1, -0.05) is 12.1 Å². The van der Waals surface area contributed by atoms with Gasteiger partial charge >= 0.3 is 12.5 Å². The molecule has 0 amide bonds. The van der Waals surface area contributed by atoms with Crippen LogP contribution in [0, 0.1) is 0 Å². The summed E-state index contributed by atoms with van der Waals surface area (Å²) in [6, 6.07) is 2.09. The van der Waals surface area contributed by atoms with Crippen molar-refractivity contribution in [3.05, 3.63) is 29.8 Å². The zero-order chi connectivity index (χ0) is 16.4. The maximum absolute atomic E-state index is 13.3. The van der Waals surface area contributed by atoms with Gasteiger partial charge in [0.1, 0.15) is 11.8 Å². The van der Waals surface area contributed by atoms with Crippen LogP contribution >= 0.6 is 24.8 Å². The van der Waals surface area contributed by atoms with Gasteiger partial charge in [0.25, 0.3) is 0 Å². The third-order valence-electron chi connectivity index (χ3n) is 3.23. The second-order valence-electron chi connectivity index (χ2n) is 4.85. The molecule has 1 atom stereocenters. The molecule has 1 aromatic rings. The number of piperazine rings is 1. The fraction of sp³-hybridized carbons (Fsp3) is 0.538. The number of rotatable bonds is 3. The summed E-state index contributed by atoms with van der Waals surface area (Å²) >= 11 is 0. The van der Waals surface area contributed by atoms with Gasteiger partial charge < -0.3 is 10.1 Å². The van der Waals surface area contributed by atoms with E-state index in [0.717, 1.165) is 24.3 Å². The third-order valence-corrected chi connectivity index (χ3v) is 3.23. The predicted octanol–water partition coefficient (Wildman–Crippen LogP) is 3.94. The average Bonchev–Trinajstić information content (AvgIpc) is 2.37. The Bertz CT molecular complexity index is 506. The molecule has 11 heteroatoms. The van der Waals surface area contributed by atoms with Crippen LogP contribution < -0.4 is 10.1 Å². The van der Waals surface area contributed by atoms with Crippen molar-refractivity contribution in [3.63, 3.8) is 0 Å². The molecule has 0 unspecified atom stereocenters. The molecule has 0 bridgehead atoms. The summed E-state index contributed by atoms with van der Waals surface area (Å²) in [6.45, 7) is 1.11. The summed E-state index contributed by atoms with van der Waals surface area (Å²) in [5.41, 5.74) is -0.267. The third kappa shape index (κ3) is 6.54. The number of alkyl halides is 6. The largest absolute Gasteiger partial charge is 0.573 e. The van der Waals surface area contributed by atoms with Crippen LogP contribution in [0.4, 0.5) is 26.3 Å². The van der Waals surface area contributed by atoms with Crippen molar-refractivity contribution >= 4 is 24.8 Å². The molecule has 140 valence electrons. The molecule has 1 fully saturated rings. The van der Waals surface area contributed by atoms with Crippen LogP contribution in [0.15, 0.2) is 24.3 Å². The fourth-order valence-electron chi connectivity index (χ4n) is 2.43. The topological polar surface area (TPSA) is 24.5 Å². The highest BCUT2D eigenvalue weighted by molar-refractivity contribution is 5.85. The summed E-state index contributed by atoms with van der Waals surface area (Å²) in [6.07, 6.45) is -9.53. The first kappa shape index (κ1) is 23.1. The van der Waals surface area contributed by atoms with Crippen LogP contribution in [0.5, 0.6) is 5.75 Å². The number of halogens is 8. The summed E-state index contributed by atoms with van der Waals surface area (Å²) in [5, 5.41) is 2.93. The van der Waals surface area contributed by atoms with Crippen molar-refractivity contribution in [2.24, 2.45) is 0 Å². The highest BCUT2D eigenvalue weighted by Gasteiger charge is 2.45. The zero-order valence-electron chi connectivity index (χ0n) is 12.2.